The standard InChI is InChI=1S/C17H22N2OS/c1-12(17-19-15-4-2-3-5-16(15)21-17)18-14-8-6-13(7-9-14)10-11-20/h6-9,12,18,20H,2-5,10-11H2,1H3. The Balaban J connectivity index is 1.67. The van der Waals surface area contributed by atoms with Gasteiger partial charge in [-0.2, -0.15) is 0 Å². The van der Waals surface area contributed by atoms with Gasteiger partial charge in [-0.3, -0.25) is 0 Å². The smallest absolute Gasteiger partial charge is 0.115 e. The zero-order chi connectivity index (χ0) is 14.7. The lowest BCUT2D eigenvalue weighted by Gasteiger charge is -2.13. The highest BCUT2D eigenvalue weighted by Gasteiger charge is 2.18. The number of aromatic nitrogens is 1. The van der Waals surface area contributed by atoms with E-state index < -0.39 is 0 Å². The maximum atomic E-state index is 8.94. The number of aryl methyl sites for hydroxylation is 2. The Morgan fingerprint density at radius 3 is 2.71 bits per heavy atom. The maximum Gasteiger partial charge on any atom is 0.115 e. The zero-order valence-electron chi connectivity index (χ0n) is 12.4. The summed E-state index contributed by atoms with van der Waals surface area (Å²) in [5.74, 6) is 0. The predicted octanol–water partition coefficient (Wildman–Crippen LogP) is 3.73. The average Bonchev–Trinajstić information content (AvgIpc) is 2.94. The van der Waals surface area contributed by atoms with Crippen LogP contribution in [0.15, 0.2) is 24.3 Å². The van der Waals surface area contributed by atoms with Crippen LogP contribution in [0, 0.1) is 0 Å². The highest BCUT2D eigenvalue weighted by Crippen LogP contribution is 2.31. The molecule has 1 aliphatic carbocycles. The van der Waals surface area contributed by atoms with Gasteiger partial charge < -0.3 is 10.4 Å². The minimum atomic E-state index is 0.202. The van der Waals surface area contributed by atoms with Gasteiger partial charge in [-0.25, -0.2) is 4.98 Å². The highest BCUT2D eigenvalue weighted by atomic mass is 32.1. The van der Waals surface area contributed by atoms with Gasteiger partial charge in [0.2, 0.25) is 0 Å². The normalized spacial score (nSPS) is 15.5. The Hall–Kier alpha value is -1.39. The molecule has 3 rings (SSSR count). The predicted molar refractivity (Wildman–Crippen MR) is 88.0 cm³/mol. The van der Waals surface area contributed by atoms with E-state index in [2.05, 4.69) is 36.5 Å². The highest BCUT2D eigenvalue weighted by molar-refractivity contribution is 7.11. The van der Waals surface area contributed by atoms with Crippen LogP contribution < -0.4 is 5.32 Å². The second-order valence-corrected chi connectivity index (χ2v) is 6.78. The summed E-state index contributed by atoms with van der Waals surface area (Å²) in [4.78, 5) is 6.31. The van der Waals surface area contributed by atoms with Crippen molar-refractivity contribution in [1.82, 2.24) is 4.98 Å². The number of benzene rings is 1. The van der Waals surface area contributed by atoms with Gasteiger partial charge in [0.25, 0.3) is 0 Å². The Morgan fingerprint density at radius 1 is 1.24 bits per heavy atom. The molecule has 2 aromatic rings. The lowest BCUT2D eigenvalue weighted by molar-refractivity contribution is 0.299. The third-order valence-electron chi connectivity index (χ3n) is 3.97. The van der Waals surface area contributed by atoms with Crippen molar-refractivity contribution < 1.29 is 5.11 Å². The molecule has 112 valence electrons. The van der Waals surface area contributed by atoms with Gasteiger partial charge in [-0.1, -0.05) is 12.1 Å². The first-order valence-electron chi connectivity index (χ1n) is 7.71. The van der Waals surface area contributed by atoms with Gasteiger partial charge in [-0.05, 0) is 56.7 Å². The molecule has 0 aliphatic heterocycles. The van der Waals surface area contributed by atoms with Crippen molar-refractivity contribution in [3.05, 3.63) is 45.4 Å². The molecule has 1 heterocycles. The fourth-order valence-corrected chi connectivity index (χ4v) is 3.92. The molecule has 0 radical (unpaired) electrons. The first-order valence-corrected chi connectivity index (χ1v) is 8.52. The summed E-state index contributed by atoms with van der Waals surface area (Å²) in [7, 11) is 0. The van der Waals surface area contributed by atoms with E-state index in [0.29, 0.717) is 0 Å². The fraction of sp³-hybridized carbons (Fsp3) is 0.471. The molecule has 0 spiro atoms. The van der Waals surface area contributed by atoms with Crippen molar-refractivity contribution in [3.8, 4) is 0 Å². The molecule has 1 aromatic heterocycles. The molecule has 2 N–H and O–H groups in total. The summed E-state index contributed by atoms with van der Waals surface area (Å²) < 4.78 is 0. The Bertz CT molecular complexity index is 568. The molecule has 1 atom stereocenters. The van der Waals surface area contributed by atoms with E-state index in [1.165, 1.54) is 40.4 Å². The molecule has 1 unspecified atom stereocenters. The number of thiazole rings is 1. The van der Waals surface area contributed by atoms with Crippen LogP contribution in [0.3, 0.4) is 0 Å². The molecule has 0 bridgehead atoms. The number of aliphatic hydroxyl groups excluding tert-OH is 1. The fourth-order valence-electron chi connectivity index (χ4n) is 2.77. The van der Waals surface area contributed by atoms with Crippen LogP contribution in [0.2, 0.25) is 0 Å². The van der Waals surface area contributed by atoms with Crippen LogP contribution in [0.1, 0.15) is 46.9 Å². The molecular formula is C17H22N2OS. The summed E-state index contributed by atoms with van der Waals surface area (Å²) in [6.07, 6.45) is 5.66. The van der Waals surface area contributed by atoms with Crippen molar-refractivity contribution in [3.63, 3.8) is 0 Å². The number of aliphatic hydroxyl groups is 1. The first-order chi connectivity index (χ1) is 10.3. The van der Waals surface area contributed by atoms with Crippen LogP contribution in [-0.4, -0.2) is 16.7 Å². The van der Waals surface area contributed by atoms with E-state index in [4.69, 9.17) is 10.1 Å². The van der Waals surface area contributed by atoms with Gasteiger partial charge in [0.15, 0.2) is 0 Å². The van der Waals surface area contributed by atoms with Crippen molar-refractivity contribution in [2.45, 2.75) is 45.1 Å². The van der Waals surface area contributed by atoms with Gasteiger partial charge in [-0.15, -0.1) is 11.3 Å². The van der Waals surface area contributed by atoms with Crippen LogP contribution in [0.4, 0.5) is 5.69 Å². The lowest BCUT2D eigenvalue weighted by atomic mass is 10.0. The second-order valence-electron chi connectivity index (χ2n) is 5.67. The van der Waals surface area contributed by atoms with Gasteiger partial charge in [0.05, 0.1) is 11.7 Å². The number of nitrogens with zero attached hydrogens (tertiary/aromatic N) is 1. The van der Waals surface area contributed by atoms with Crippen LogP contribution >= 0.6 is 11.3 Å². The SMILES string of the molecule is CC(Nc1ccc(CCO)cc1)c1nc2c(s1)CCCC2. The van der Waals surface area contributed by atoms with E-state index >= 15 is 0 Å². The largest absolute Gasteiger partial charge is 0.396 e. The van der Waals surface area contributed by atoms with Crippen molar-refractivity contribution in [2.24, 2.45) is 0 Å². The van der Waals surface area contributed by atoms with E-state index in [1.807, 2.05) is 11.3 Å². The second kappa shape index (κ2) is 6.58. The molecule has 4 heteroatoms. The topological polar surface area (TPSA) is 45.1 Å². The molecule has 21 heavy (non-hydrogen) atoms. The van der Waals surface area contributed by atoms with Gasteiger partial charge >= 0.3 is 0 Å². The number of anilines is 1. The average molecular weight is 302 g/mol. The molecule has 1 aromatic carbocycles. The Kier molecular flexibility index (Phi) is 4.56. The van der Waals surface area contributed by atoms with Crippen LogP contribution in [-0.2, 0) is 19.3 Å². The quantitative estimate of drug-likeness (QED) is 0.884. The molecular weight excluding hydrogens is 280 g/mol. The summed E-state index contributed by atoms with van der Waals surface area (Å²) >= 11 is 1.87. The Morgan fingerprint density at radius 2 is 2.00 bits per heavy atom. The Labute approximate surface area is 130 Å². The number of fused-ring (bicyclic) bond motifs is 1. The maximum absolute atomic E-state index is 8.94. The summed E-state index contributed by atoms with van der Waals surface area (Å²) in [5, 5.41) is 13.7. The number of hydrogen-bond donors (Lipinski definition) is 2. The summed E-state index contributed by atoms with van der Waals surface area (Å²) in [5.41, 5.74) is 3.60. The van der Waals surface area contributed by atoms with E-state index in [9.17, 15) is 0 Å². The first kappa shape index (κ1) is 14.5. The van der Waals surface area contributed by atoms with Gasteiger partial charge in [0.1, 0.15) is 5.01 Å². The molecule has 1 aliphatic rings. The van der Waals surface area contributed by atoms with E-state index in [-0.39, 0.29) is 12.6 Å². The molecule has 0 fully saturated rings. The van der Waals surface area contributed by atoms with Gasteiger partial charge in [0, 0.05) is 17.2 Å². The van der Waals surface area contributed by atoms with Crippen LogP contribution in [0.25, 0.3) is 0 Å². The molecule has 0 saturated heterocycles. The molecule has 0 amide bonds. The minimum absolute atomic E-state index is 0.202. The number of rotatable bonds is 5. The molecule has 0 saturated carbocycles. The zero-order valence-corrected chi connectivity index (χ0v) is 13.2. The number of hydrogen-bond acceptors (Lipinski definition) is 4. The van der Waals surface area contributed by atoms with Crippen molar-refractivity contribution >= 4 is 17.0 Å². The summed E-state index contributed by atoms with van der Waals surface area (Å²) in [6, 6.07) is 8.53. The van der Waals surface area contributed by atoms with Crippen molar-refractivity contribution in [2.75, 3.05) is 11.9 Å². The number of nitrogens with one attached hydrogen (secondary N) is 1. The van der Waals surface area contributed by atoms with Crippen LogP contribution in [0.5, 0.6) is 0 Å². The molecule has 3 nitrogen and oxygen atoms in total. The van der Waals surface area contributed by atoms with E-state index in [1.54, 1.807) is 0 Å². The lowest BCUT2D eigenvalue weighted by Crippen LogP contribution is -2.06. The minimum Gasteiger partial charge on any atom is -0.396 e. The summed E-state index contributed by atoms with van der Waals surface area (Å²) in [6.45, 7) is 2.37. The monoisotopic (exact) mass is 302 g/mol. The third kappa shape index (κ3) is 3.44. The van der Waals surface area contributed by atoms with E-state index in [0.717, 1.165) is 18.5 Å². The third-order valence-corrected chi connectivity index (χ3v) is 5.31. The van der Waals surface area contributed by atoms with Crippen molar-refractivity contribution in [1.29, 1.82) is 0 Å².